The van der Waals surface area contributed by atoms with Gasteiger partial charge in [-0.15, -0.1) is 0 Å². The molecule has 0 aliphatic carbocycles. The van der Waals surface area contributed by atoms with Gasteiger partial charge in [0.1, 0.15) is 5.82 Å². The van der Waals surface area contributed by atoms with Crippen LogP contribution in [0.2, 0.25) is 0 Å². The first-order chi connectivity index (χ1) is 7.98. The van der Waals surface area contributed by atoms with E-state index in [1.165, 1.54) is 12.1 Å². The Morgan fingerprint density at radius 2 is 1.94 bits per heavy atom. The summed E-state index contributed by atoms with van der Waals surface area (Å²) < 4.78 is 12.8. The van der Waals surface area contributed by atoms with Gasteiger partial charge in [-0.1, -0.05) is 12.1 Å². The Balaban J connectivity index is 2.72. The number of hydrogen-bond acceptors (Lipinski definition) is 2. The molecule has 0 radical (unpaired) electrons. The number of nitrogens with two attached hydrogens (primary N) is 1. The van der Waals surface area contributed by atoms with E-state index < -0.39 is 5.41 Å². The van der Waals surface area contributed by atoms with E-state index in [0.717, 1.165) is 12.0 Å². The fourth-order valence-electron chi connectivity index (χ4n) is 1.52. The molecule has 1 amide bonds. The first-order valence-electron chi connectivity index (χ1n) is 5.73. The molecule has 1 rings (SSSR count). The van der Waals surface area contributed by atoms with E-state index in [1.54, 1.807) is 12.1 Å². The molecule has 4 heteroatoms. The largest absolute Gasteiger partial charge is 0.355 e. The Morgan fingerprint density at radius 1 is 1.35 bits per heavy atom. The highest BCUT2D eigenvalue weighted by atomic mass is 19.1. The summed E-state index contributed by atoms with van der Waals surface area (Å²) in [6, 6.07) is 6.00. The van der Waals surface area contributed by atoms with Crippen LogP contribution in [0, 0.1) is 5.82 Å². The quantitative estimate of drug-likeness (QED) is 0.765. The van der Waals surface area contributed by atoms with Crippen LogP contribution in [-0.4, -0.2) is 19.0 Å². The fraction of sp³-hybridized carbons (Fsp3) is 0.462. The molecule has 0 saturated carbocycles. The molecule has 0 fully saturated rings. The Morgan fingerprint density at radius 3 is 2.47 bits per heavy atom. The number of hydrogen-bond donors (Lipinski definition) is 2. The lowest BCUT2D eigenvalue weighted by atomic mass is 9.83. The van der Waals surface area contributed by atoms with E-state index in [-0.39, 0.29) is 11.7 Å². The summed E-state index contributed by atoms with van der Waals surface area (Å²) in [4.78, 5) is 12.0. The van der Waals surface area contributed by atoms with Crippen LogP contribution < -0.4 is 11.1 Å². The average Bonchev–Trinajstić information content (AvgIpc) is 2.29. The minimum Gasteiger partial charge on any atom is -0.355 e. The summed E-state index contributed by atoms with van der Waals surface area (Å²) in [6.45, 7) is 4.76. The van der Waals surface area contributed by atoms with Crippen molar-refractivity contribution in [3.8, 4) is 0 Å². The van der Waals surface area contributed by atoms with E-state index in [0.29, 0.717) is 13.1 Å². The number of nitrogens with one attached hydrogen (secondary N) is 1. The van der Waals surface area contributed by atoms with Gasteiger partial charge >= 0.3 is 0 Å². The van der Waals surface area contributed by atoms with Crippen LogP contribution in [0.3, 0.4) is 0 Å². The topological polar surface area (TPSA) is 55.1 Å². The van der Waals surface area contributed by atoms with Crippen molar-refractivity contribution in [2.45, 2.75) is 25.7 Å². The maximum Gasteiger partial charge on any atom is 0.230 e. The molecule has 1 aromatic rings. The lowest BCUT2D eigenvalue weighted by Gasteiger charge is -2.24. The predicted octanol–water partition coefficient (Wildman–Crippen LogP) is 1.57. The molecule has 3 nitrogen and oxygen atoms in total. The number of halogens is 1. The van der Waals surface area contributed by atoms with Crippen LogP contribution in [0.5, 0.6) is 0 Å². The van der Waals surface area contributed by atoms with Crippen molar-refractivity contribution in [2.24, 2.45) is 5.73 Å². The number of rotatable bonds is 5. The smallest absolute Gasteiger partial charge is 0.230 e. The minimum atomic E-state index is -0.664. The summed E-state index contributed by atoms with van der Waals surface area (Å²) in [5, 5.41) is 2.82. The molecule has 0 spiro atoms. The van der Waals surface area contributed by atoms with Crippen molar-refractivity contribution < 1.29 is 9.18 Å². The molecule has 1 aromatic carbocycles. The molecule has 17 heavy (non-hydrogen) atoms. The summed E-state index contributed by atoms with van der Waals surface area (Å²) >= 11 is 0. The van der Waals surface area contributed by atoms with Crippen LogP contribution in [0.4, 0.5) is 4.39 Å². The molecule has 0 unspecified atom stereocenters. The Kier molecular flexibility index (Phi) is 4.63. The van der Waals surface area contributed by atoms with Crippen molar-refractivity contribution in [1.82, 2.24) is 5.32 Å². The average molecular weight is 238 g/mol. The van der Waals surface area contributed by atoms with Gasteiger partial charge in [0.05, 0.1) is 5.41 Å². The molecule has 0 heterocycles. The van der Waals surface area contributed by atoms with Gasteiger partial charge in [0.25, 0.3) is 0 Å². The molecule has 0 aliphatic heterocycles. The molecule has 0 saturated heterocycles. The molecule has 0 atom stereocenters. The van der Waals surface area contributed by atoms with Gasteiger partial charge in [0.2, 0.25) is 5.91 Å². The van der Waals surface area contributed by atoms with Crippen LogP contribution in [-0.2, 0) is 10.2 Å². The molecule has 3 N–H and O–H groups in total. The van der Waals surface area contributed by atoms with E-state index in [9.17, 15) is 9.18 Å². The summed E-state index contributed by atoms with van der Waals surface area (Å²) in [7, 11) is 0. The number of carbonyl (C=O) groups excluding carboxylic acids is 1. The molecule has 0 bridgehead atoms. The van der Waals surface area contributed by atoms with Gasteiger partial charge in [0.15, 0.2) is 0 Å². The van der Waals surface area contributed by atoms with Gasteiger partial charge in [-0.3, -0.25) is 4.79 Å². The minimum absolute atomic E-state index is 0.0717. The van der Waals surface area contributed by atoms with E-state index in [1.807, 2.05) is 13.8 Å². The zero-order valence-electron chi connectivity index (χ0n) is 10.3. The third kappa shape index (κ3) is 3.53. The zero-order valence-corrected chi connectivity index (χ0v) is 10.3. The molecule has 0 aromatic heterocycles. The van der Waals surface area contributed by atoms with E-state index in [4.69, 9.17) is 5.73 Å². The highest BCUT2D eigenvalue weighted by molar-refractivity contribution is 5.87. The van der Waals surface area contributed by atoms with Crippen LogP contribution in [0.25, 0.3) is 0 Å². The second kappa shape index (κ2) is 5.77. The second-order valence-corrected chi connectivity index (χ2v) is 4.53. The lowest BCUT2D eigenvalue weighted by Crippen LogP contribution is -2.40. The zero-order chi connectivity index (χ0) is 12.9. The molecular formula is C13H19FN2O. The van der Waals surface area contributed by atoms with Crippen molar-refractivity contribution in [2.75, 3.05) is 13.1 Å². The van der Waals surface area contributed by atoms with Crippen molar-refractivity contribution in [3.05, 3.63) is 35.6 Å². The third-order valence-corrected chi connectivity index (χ3v) is 2.80. The van der Waals surface area contributed by atoms with Gasteiger partial charge in [-0.05, 0) is 44.5 Å². The van der Waals surface area contributed by atoms with Crippen LogP contribution in [0.1, 0.15) is 25.8 Å². The van der Waals surface area contributed by atoms with Gasteiger partial charge in [-0.2, -0.15) is 0 Å². The standard InChI is InChI=1S/C13H19FN2O/c1-13(2,12(17)16-9-3-8-15)10-4-6-11(14)7-5-10/h4-7H,3,8-9,15H2,1-2H3,(H,16,17). The van der Waals surface area contributed by atoms with Crippen LogP contribution >= 0.6 is 0 Å². The fourth-order valence-corrected chi connectivity index (χ4v) is 1.52. The highest BCUT2D eigenvalue weighted by Gasteiger charge is 2.29. The summed E-state index contributed by atoms with van der Waals surface area (Å²) in [5.41, 5.74) is 5.49. The number of carbonyl (C=O) groups is 1. The highest BCUT2D eigenvalue weighted by Crippen LogP contribution is 2.23. The maximum atomic E-state index is 12.8. The first kappa shape index (κ1) is 13.6. The lowest BCUT2D eigenvalue weighted by molar-refractivity contribution is -0.125. The Bertz CT molecular complexity index is 374. The van der Waals surface area contributed by atoms with E-state index in [2.05, 4.69) is 5.32 Å². The Hall–Kier alpha value is -1.42. The number of amides is 1. The molecule has 0 aliphatic rings. The normalized spacial score (nSPS) is 11.3. The first-order valence-corrected chi connectivity index (χ1v) is 5.73. The monoisotopic (exact) mass is 238 g/mol. The van der Waals surface area contributed by atoms with Gasteiger partial charge < -0.3 is 11.1 Å². The third-order valence-electron chi connectivity index (χ3n) is 2.80. The maximum absolute atomic E-state index is 12.8. The van der Waals surface area contributed by atoms with Gasteiger partial charge in [0, 0.05) is 6.54 Å². The second-order valence-electron chi connectivity index (χ2n) is 4.53. The van der Waals surface area contributed by atoms with Crippen molar-refractivity contribution in [3.63, 3.8) is 0 Å². The van der Waals surface area contributed by atoms with Gasteiger partial charge in [-0.25, -0.2) is 4.39 Å². The van der Waals surface area contributed by atoms with E-state index >= 15 is 0 Å². The summed E-state index contributed by atoms with van der Waals surface area (Å²) in [6.07, 6.45) is 0.755. The van der Waals surface area contributed by atoms with Crippen molar-refractivity contribution >= 4 is 5.91 Å². The Labute approximate surface area is 101 Å². The van der Waals surface area contributed by atoms with Crippen LogP contribution in [0.15, 0.2) is 24.3 Å². The predicted molar refractivity (Wildman–Crippen MR) is 66.1 cm³/mol. The molecule has 94 valence electrons. The molecular weight excluding hydrogens is 219 g/mol. The van der Waals surface area contributed by atoms with Crippen molar-refractivity contribution in [1.29, 1.82) is 0 Å². The number of benzene rings is 1. The SMILES string of the molecule is CC(C)(C(=O)NCCCN)c1ccc(F)cc1. The summed E-state index contributed by atoms with van der Waals surface area (Å²) in [5.74, 6) is -0.370.